The summed E-state index contributed by atoms with van der Waals surface area (Å²) in [5, 5.41) is 5.44. The van der Waals surface area contributed by atoms with Crippen molar-refractivity contribution in [3.8, 4) is 0 Å². The molecule has 3 aromatic rings. The lowest BCUT2D eigenvalue weighted by molar-refractivity contribution is 0.0723. The first-order chi connectivity index (χ1) is 12.2. The average Bonchev–Trinajstić information content (AvgIpc) is 3.33. The number of para-hydroxylation sites is 1. The monoisotopic (exact) mass is 336 g/mol. The quantitative estimate of drug-likeness (QED) is 0.732. The van der Waals surface area contributed by atoms with Gasteiger partial charge in [0.1, 0.15) is 0 Å². The van der Waals surface area contributed by atoms with Gasteiger partial charge in [0.25, 0.3) is 5.91 Å². The van der Waals surface area contributed by atoms with E-state index in [1.807, 2.05) is 47.2 Å². The normalized spacial score (nSPS) is 17.5. The molecular weight excluding hydrogens is 312 g/mol. The molecule has 0 bridgehead atoms. The first-order valence-corrected chi connectivity index (χ1v) is 9.05. The number of carbonyl (C=O) groups is 1. The van der Waals surface area contributed by atoms with Crippen LogP contribution in [0.15, 0.2) is 42.9 Å². The second-order valence-corrected chi connectivity index (χ2v) is 6.88. The second kappa shape index (κ2) is 6.39. The predicted octanol–water partition coefficient (Wildman–Crippen LogP) is 3.47. The molecular formula is C20H24N4O. The number of aryl methyl sites for hydroxylation is 2. The molecule has 1 aliphatic heterocycles. The fourth-order valence-electron chi connectivity index (χ4n) is 3.91. The summed E-state index contributed by atoms with van der Waals surface area (Å²) in [4.78, 5) is 15.3. The van der Waals surface area contributed by atoms with E-state index in [-0.39, 0.29) is 11.9 Å². The van der Waals surface area contributed by atoms with Crippen LogP contribution in [0.4, 0.5) is 0 Å². The molecule has 0 saturated carbocycles. The van der Waals surface area contributed by atoms with Crippen molar-refractivity contribution in [1.29, 1.82) is 0 Å². The van der Waals surface area contributed by atoms with Gasteiger partial charge in [0, 0.05) is 36.4 Å². The van der Waals surface area contributed by atoms with Crippen LogP contribution < -0.4 is 0 Å². The molecule has 0 unspecified atom stereocenters. The van der Waals surface area contributed by atoms with Crippen molar-refractivity contribution >= 4 is 16.8 Å². The number of aromatic nitrogens is 3. The molecule has 4 rings (SSSR count). The number of amides is 1. The third-order valence-corrected chi connectivity index (χ3v) is 5.16. The molecule has 1 aliphatic rings. The van der Waals surface area contributed by atoms with Crippen LogP contribution in [-0.2, 0) is 13.1 Å². The van der Waals surface area contributed by atoms with E-state index < -0.39 is 0 Å². The first-order valence-electron chi connectivity index (χ1n) is 9.05. The van der Waals surface area contributed by atoms with Crippen molar-refractivity contribution in [3.63, 3.8) is 0 Å². The third kappa shape index (κ3) is 2.84. The summed E-state index contributed by atoms with van der Waals surface area (Å²) in [7, 11) is 0. The predicted molar refractivity (Wildman–Crippen MR) is 98.6 cm³/mol. The van der Waals surface area contributed by atoms with Crippen LogP contribution in [0.3, 0.4) is 0 Å². The molecule has 1 saturated heterocycles. The van der Waals surface area contributed by atoms with Crippen molar-refractivity contribution in [2.24, 2.45) is 0 Å². The molecule has 0 N–H and O–H groups in total. The average molecular weight is 336 g/mol. The van der Waals surface area contributed by atoms with Gasteiger partial charge in [-0.1, -0.05) is 18.2 Å². The van der Waals surface area contributed by atoms with E-state index in [0.717, 1.165) is 54.5 Å². The lowest BCUT2D eigenvalue weighted by Crippen LogP contribution is -2.38. The van der Waals surface area contributed by atoms with Crippen LogP contribution in [0, 0.1) is 6.92 Å². The topological polar surface area (TPSA) is 43.1 Å². The number of hydrogen-bond acceptors (Lipinski definition) is 2. The minimum Gasteiger partial charge on any atom is -0.347 e. The van der Waals surface area contributed by atoms with E-state index in [1.165, 1.54) is 0 Å². The number of rotatable bonds is 4. The van der Waals surface area contributed by atoms with Crippen molar-refractivity contribution in [2.75, 3.05) is 6.54 Å². The first kappa shape index (κ1) is 15.9. The summed E-state index contributed by atoms with van der Waals surface area (Å²) in [5.41, 5.74) is 3.11. The highest BCUT2D eigenvalue weighted by Crippen LogP contribution is 2.27. The van der Waals surface area contributed by atoms with E-state index >= 15 is 0 Å². The largest absolute Gasteiger partial charge is 0.347 e. The summed E-state index contributed by atoms with van der Waals surface area (Å²) in [6.45, 7) is 6.62. The number of hydrogen-bond donors (Lipinski definition) is 0. The molecule has 5 nitrogen and oxygen atoms in total. The van der Waals surface area contributed by atoms with Crippen molar-refractivity contribution in [1.82, 2.24) is 19.2 Å². The van der Waals surface area contributed by atoms with E-state index in [0.29, 0.717) is 0 Å². The maximum Gasteiger partial charge on any atom is 0.256 e. The van der Waals surface area contributed by atoms with Gasteiger partial charge in [0.15, 0.2) is 0 Å². The van der Waals surface area contributed by atoms with Crippen LogP contribution in [-0.4, -0.2) is 37.7 Å². The molecule has 1 aromatic carbocycles. The van der Waals surface area contributed by atoms with Gasteiger partial charge in [-0.3, -0.25) is 9.48 Å². The molecule has 0 spiro atoms. The highest BCUT2D eigenvalue weighted by Gasteiger charge is 2.31. The molecule has 1 amide bonds. The van der Waals surface area contributed by atoms with Crippen molar-refractivity contribution in [2.45, 2.75) is 45.8 Å². The number of likely N-dealkylation sites (tertiary alicyclic amines) is 1. The van der Waals surface area contributed by atoms with E-state index in [9.17, 15) is 4.79 Å². The number of fused-ring (bicyclic) bond motifs is 1. The fourth-order valence-corrected chi connectivity index (χ4v) is 3.91. The minimum atomic E-state index is 0.148. The SMILES string of the molecule is CCn1cc(C(=O)N2CCC[C@H]2Cn2cc(C)cn2)c2ccccc21. The van der Waals surface area contributed by atoms with Crippen LogP contribution in [0.1, 0.15) is 35.7 Å². The molecule has 130 valence electrons. The smallest absolute Gasteiger partial charge is 0.256 e. The van der Waals surface area contributed by atoms with E-state index in [2.05, 4.69) is 28.7 Å². The molecule has 5 heteroatoms. The van der Waals surface area contributed by atoms with Crippen molar-refractivity contribution < 1.29 is 4.79 Å². The summed E-state index contributed by atoms with van der Waals surface area (Å²) in [5.74, 6) is 0.148. The molecule has 3 heterocycles. The van der Waals surface area contributed by atoms with Gasteiger partial charge in [-0.05, 0) is 38.3 Å². The summed E-state index contributed by atoms with van der Waals surface area (Å²) >= 11 is 0. The van der Waals surface area contributed by atoms with Gasteiger partial charge >= 0.3 is 0 Å². The van der Waals surface area contributed by atoms with Gasteiger partial charge in [-0.15, -0.1) is 0 Å². The Balaban J connectivity index is 1.63. The Bertz CT molecular complexity index is 907. The van der Waals surface area contributed by atoms with Crippen LogP contribution in [0.25, 0.3) is 10.9 Å². The highest BCUT2D eigenvalue weighted by atomic mass is 16.2. The lowest BCUT2D eigenvalue weighted by Gasteiger charge is -2.24. The molecule has 25 heavy (non-hydrogen) atoms. The van der Waals surface area contributed by atoms with Crippen LogP contribution in [0.2, 0.25) is 0 Å². The molecule has 0 radical (unpaired) electrons. The highest BCUT2D eigenvalue weighted by molar-refractivity contribution is 6.07. The molecule has 0 aliphatic carbocycles. The van der Waals surface area contributed by atoms with Crippen LogP contribution in [0.5, 0.6) is 0 Å². The van der Waals surface area contributed by atoms with Crippen molar-refractivity contribution in [3.05, 3.63) is 54.0 Å². The molecule has 1 fully saturated rings. The third-order valence-electron chi connectivity index (χ3n) is 5.16. The fraction of sp³-hybridized carbons (Fsp3) is 0.400. The maximum absolute atomic E-state index is 13.3. The Kier molecular flexibility index (Phi) is 4.07. The Morgan fingerprint density at radius 3 is 2.88 bits per heavy atom. The Hall–Kier alpha value is -2.56. The Morgan fingerprint density at radius 1 is 1.28 bits per heavy atom. The van der Waals surface area contributed by atoms with Gasteiger partial charge in [-0.25, -0.2) is 0 Å². The van der Waals surface area contributed by atoms with Gasteiger partial charge in [-0.2, -0.15) is 5.10 Å². The minimum absolute atomic E-state index is 0.148. The second-order valence-electron chi connectivity index (χ2n) is 6.88. The zero-order valence-electron chi connectivity index (χ0n) is 14.9. The Morgan fingerprint density at radius 2 is 2.12 bits per heavy atom. The maximum atomic E-state index is 13.3. The summed E-state index contributed by atoms with van der Waals surface area (Å²) in [6, 6.07) is 8.39. The number of carbonyl (C=O) groups excluding carboxylic acids is 1. The standard InChI is InChI=1S/C20H24N4O/c1-3-22-14-18(17-8-4-5-9-19(17)22)20(25)24-10-6-7-16(24)13-23-12-15(2)11-21-23/h4-5,8-9,11-12,14,16H,3,6-7,10,13H2,1-2H3/t16-/m0/s1. The van der Waals surface area contributed by atoms with Crippen LogP contribution >= 0.6 is 0 Å². The number of nitrogens with zero attached hydrogens (tertiary/aromatic N) is 4. The lowest BCUT2D eigenvalue weighted by atomic mass is 10.1. The van der Waals surface area contributed by atoms with E-state index in [1.54, 1.807) is 0 Å². The van der Waals surface area contributed by atoms with Gasteiger partial charge < -0.3 is 9.47 Å². The number of benzene rings is 1. The summed E-state index contributed by atoms with van der Waals surface area (Å²) in [6.07, 6.45) is 8.03. The van der Waals surface area contributed by atoms with Gasteiger partial charge in [0.2, 0.25) is 0 Å². The molecule has 1 atom stereocenters. The Labute approximate surface area is 147 Å². The zero-order valence-corrected chi connectivity index (χ0v) is 14.9. The summed E-state index contributed by atoms with van der Waals surface area (Å²) < 4.78 is 4.12. The zero-order chi connectivity index (χ0) is 17.4. The molecule has 2 aromatic heterocycles. The van der Waals surface area contributed by atoms with E-state index in [4.69, 9.17) is 0 Å². The van der Waals surface area contributed by atoms with Gasteiger partial charge in [0.05, 0.1) is 24.3 Å².